The van der Waals surface area contributed by atoms with E-state index in [2.05, 4.69) is 56.3 Å². The van der Waals surface area contributed by atoms with Gasteiger partial charge in [0, 0.05) is 10.0 Å². The van der Waals surface area contributed by atoms with E-state index in [9.17, 15) is 0 Å². The summed E-state index contributed by atoms with van der Waals surface area (Å²) in [6.07, 6.45) is 0.998. The summed E-state index contributed by atoms with van der Waals surface area (Å²) in [6, 6.07) is 15.8. The van der Waals surface area contributed by atoms with Gasteiger partial charge in [0.05, 0.1) is 3.79 Å². The zero-order valence-corrected chi connectivity index (χ0v) is 17.1. The van der Waals surface area contributed by atoms with Crippen LogP contribution in [0.5, 0.6) is 17.2 Å². The van der Waals surface area contributed by atoms with E-state index in [1.165, 1.54) is 5.56 Å². The molecule has 124 valence electrons. The second kappa shape index (κ2) is 8.19. The van der Waals surface area contributed by atoms with Gasteiger partial charge in [-0.1, -0.05) is 19.1 Å². The van der Waals surface area contributed by atoms with Crippen molar-refractivity contribution in [2.75, 3.05) is 0 Å². The summed E-state index contributed by atoms with van der Waals surface area (Å²) < 4.78 is 13.9. The van der Waals surface area contributed by atoms with Crippen molar-refractivity contribution in [3.8, 4) is 17.2 Å². The first-order valence-electron chi connectivity index (χ1n) is 7.56. The molecule has 1 aromatic heterocycles. The lowest BCUT2D eigenvalue weighted by Gasteiger charge is -2.09. The highest BCUT2D eigenvalue weighted by Crippen LogP contribution is 2.34. The minimum atomic E-state index is 0.529. The van der Waals surface area contributed by atoms with E-state index in [1.807, 2.05) is 36.4 Å². The van der Waals surface area contributed by atoms with Crippen LogP contribution in [0.4, 0.5) is 0 Å². The van der Waals surface area contributed by atoms with Gasteiger partial charge in [-0.25, -0.2) is 0 Å². The molecule has 0 amide bonds. The summed E-state index contributed by atoms with van der Waals surface area (Å²) in [6.45, 7) is 2.66. The number of rotatable bonds is 6. The number of benzene rings is 2. The Bertz CT molecular complexity index is 812. The molecule has 0 bridgehead atoms. The lowest BCUT2D eigenvalue weighted by molar-refractivity contribution is 0.305. The molecular weight excluding hydrogens is 452 g/mol. The molecule has 2 nitrogen and oxygen atoms in total. The van der Waals surface area contributed by atoms with Crippen LogP contribution in [0.3, 0.4) is 0 Å². The highest BCUT2D eigenvalue weighted by Gasteiger charge is 2.07. The van der Waals surface area contributed by atoms with Crippen molar-refractivity contribution in [2.45, 2.75) is 20.0 Å². The lowest BCUT2D eigenvalue weighted by Crippen LogP contribution is -1.94. The number of hydrogen-bond acceptors (Lipinski definition) is 3. The number of thiophene rings is 1. The van der Waals surface area contributed by atoms with E-state index < -0.39 is 0 Å². The van der Waals surface area contributed by atoms with Crippen LogP contribution in [0, 0.1) is 0 Å². The van der Waals surface area contributed by atoms with Crippen LogP contribution in [-0.4, -0.2) is 0 Å². The van der Waals surface area contributed by atoms with Gasteiger partial charge < -0.3 is 9.47 Å². The van der Waals surface area contributed by atoms with Crippen molar-refractivity contribution >= 4 is 43.2 Å². The molecule has 0 spiro atoms. The molecule has 1 heterocycles. The van der Waals surface area contributed by atoms with Crippen molar-refractivity contribution in [3.63, 3.8) is 0 Å². The average Bonchev–Trinajstić information content (AvgIpc) is 2.93. The van der Waals surface area contributed by atoms with Crippen LogP contribution in [0.15, 0.2) is 62.2 Å². The third-order valence-electron chi connectivity index (χ3n) is 3.52. The SMILES string of the molecule is CCc1cccc(Oc2ccc(OCc3csc(Br)c3Br)cc2)c1. The molecule has 0 aliphatic carbocycles. The Morgan fingerprint density at radius 2 is 1.71 bits per heavy atom. The van der Waals surface area contributed by atoms with Crippen molar-refractivity contribution in [3.05, 3.63) is 73.3 Å². The second-order valence-electron chi connectivity index (χ2n) is 5.21. The van der Waals surface area contributed by atoms with Crippen LogP contribution in [0.2, 0.25) is 0 Å². The first-order valence-corrected chi connectivity index (χ1v) is 10.0. The zero-order chi connectivity index (χ0) is 16.9. The maximum absolute atomic E-state index is 5.89. The Balaban J connectivity index is 1.61. The summed E-state index contributed by atoms with van der Waals surface area (Å²) in [5.74, 6) is 2.48. The Hall–Kier alpha value is -1.30. The largest absolute Gasteiger partial charge is 0.489 e. The highest BCUT2D eigenvalue weighted by molar-refractivity contribution is 9.13. The van der Waals surface area contributed by atoms with E-state index in [0.29, 0.717) is 6.61 Å². The van der Waals surface area contributed by atoms with Crippen molar-refractivity contribution in [2.24, 2.45) is 0 Å². The second-order valence-corrected chi connectivity index (χ2v) is 8.20. The quantitative estimate of drug-likeness (QED) is 0.381. The molecular formula is C19H16Br2O2S. The molecule has 0 fully saturated rings. The third kappa shape index (κ3) is 4.41. The predicted octanol–water partition coefficient (Wildman–Crippen LogP) is 7.21. The van der Waals surface area contributed by atoms with Crippen LogP contribution in [0.25, 0.3) is 0 Å². The van der Waals surface area contributed by atoms with E-state index in [-0.39, 0.29) is 0 Å². The van der Waals surface area contributed by atoms with Crippen molar-refractivity contribution in [1.29, 1.82) is 0 Å². The molecule has 3 aromatic rings. The number of ether oxygens (including phenoxy) is 2. The van der Waals surface area contributed by atoms with Crippen molar-refractivity contribution < 1.29 is 9.47 Å². The smallest absolute Gasteiger partial charge is 0.127 e. The van der Waals surface area contributed by atoms with Gasteiger partial charge in [0.2, 0.25) is 0 Å². The molecule has 3 rings (SSSR count). The normalized spacial score (nSPS) is 10.6. The van der Waals surface area contributed by atoms with Crippen LogP contribution in [-0.2, 0) is 13.0 Å². The molecule has 0 aliphatic heterocycles. The number of aryl methyl sites for hydroxylation is 1. The van der Waals surface area contributed by atoms with E-state index in [4.69, 9.17) is 9.47 Å². The molecule has 0 saturated heterocycles. The van der Waals surface area contributed by atoms with Crippen LogP contribution >= 0.6 is 43.2 Å². The fraction of sp³-hybridized carbons (Fsp3) is 0.158. The van der Waals surface area contributed by atoms with Gasteiger partial charge in [0.25, 0.3) is 0 Å². The monoisotopic (exact) mass is 466 g/mol. The zero-order valence-electron chi connectivity index (χ0n) is 13.1. The van der Waals surface area contributed by atoms with Gasteiger partial charge in [-0.15, -0.1) is 11.3 Å². The molecule has 0 saturated carbocycles. The van der Waals surface area contributed by atoms with E-state index in [0.717, 1.165) is 37.5 Å². The molecule has 0 radical (unpaired) electrons. The number of halogens is 2. The van der Waals surface area contributed by atoms with E-state index in [1.54, 1.807) is 11.3 Å². The molecule has 0 aliphatic rings. The first kappa shape index (κ1) is 17.5. The van der Waals surface area contributed by atoms with Gasteiger partial charge in [0.1, 0.15) is 23.9 Å². The third-order valence-corrected chi connectivity index (χ3v) is 6.99. The first-order chi connectivity index (χ1) is 11.7. The average molecular weight is 468 g/mol. The molecule has 5 heteroatoms. The Kier molecular flexibility index (Phi) is 5.98. The summed E-state index contributed by atoms with van der Waals surface area (Å²) in [5.41, 5.74) is 2.39. The van der Waals surface area contributed by atoms with Gasteiger partial charge >= 0.3 is 0 Å². The Morgan fingerprint density at radius 1 is 0.958 bits per heavy atom. The Labute approximate surface area is 162 Å². The molecule has 2 aromatic carbocycles. The summed E-state index contributed by atoms with van der Waals surface area (Å²) in [7, 11) is 0. The molecule has 0 N–H and O–H groups in total. The maximum Gasteiger partial charge on any atom is 0.127 e. The van der Waals surface area contributed by atoms with Gasteiger partial charge in [0.15, 0.2) is 0 Å². The molecule has 0 atom stereocenters. The van der Waals surface area contributed by atoms with Crippen molar-refractivity contribution in [1.82, 2.24) is 0 Å². The summed E-state index contributed by atoms with van der Waals surface area (Å²) in [4.78, 5) is 0. The minimum Gasteiger partial charge on any atom is -0.489 e. The van der Waals surface area contributed by atoms with E-state index >= 15 is 0 Å². The fourth-order valence-corrected chi connectivity index (χ4v) is 4.04. The summed E-state index contributed by atoms with van der Waals surface area (Å²) >= 11 is 8.68. The highest BCUT2D eigenvalue weighted by atomic mass is 79.9. The van der Waals surface area contributed by atoms with Crippen LogP contribution in [0.1, 0.15) is 18.1 Å². The fourth-order valence-electron chi connectivity index (χ4n) is 2.18. The molecule has 0 unspecified atom stereocenters. The van der Waals surface area contributed by atoms with Gasteiger partial charge in [-0.05, 0) is 85.6 Å². The lowest BCUT2D eigenvalue weighted by atomic mass is 10.2. The van der Waals surface area contributed by atoms with Gasteiger partial charge in [-0.3, -0.25) is 0 Å². The maximum atomic E-state index is 5.89. The Morgan fingerprint density at radius 3 is 2.38 bits per heavy atom. The predicted molar refractivity (Wildman–Crippen MR) is 106 cm³/mol. The molecule has 24 heavy (non-hydrogen) atoms. The summed E-state index contributed by atoms with van der Waals surface area (Å²) in [5, 5.41) is 2.08. The standard InChI is InChI=1S/C19H16Br2O2S/c1-2-13-4-3-5-17(10-13)23-16-8-6-15(7-9-16)22-11-14-12-24-19(21)18(14)20/h3-10,12H,2,11H2,1H3. The van der Waals surface area contributed by atoms with Crippen LogP contribution < -0.4 is 9.47 Å². The number of hydrogen-bond donors (Lipinski definition) is 0. The minimum absolute atomic E-state index is 0.529. The van der Waals surface area contributed by atoms with Gasteiger partial charge in [-0.2, -0.15) is 0 Å². The topological polar surface area (TPSA) is 18.5 Å².